The van der Waals surface area contributed by atoms with Crippen LogP contribution in [0, 0.1) is 20.8 Å². The number of nitrogens with zero attached hydrogens (tertiary/aromatic N) is 1. The molecule has 0 aromatic carbocycles. The van der Waals surface area contributed by atoms with Gasteiger partial charge >= 0.3 is 5.97 Å². The fraction of sp³-hybridized carbons (Fsp3) is 0.250. The number of aromatic carboxylic acids is 1. The number of carbonyl (C=O) groups excluding carboxylic acids is 1. The van der Waals surface area contributed by atoms with E-state index in [1.54, 1.807) is 13.8 Å². The van der Waals surface area contributed by atoms with Gasteiger partial charge in [0, 0.05) is 11.1 Å². The van der Waals surface area contributed by atoms with E-state index in [0.717, 1.165) is 5.69 Å². The number of thiazole rings is 1. The number of hydrogen-bond acceptors (Lipinski definition) is 4. The van der Waals surface area contributed by atoms with Crippen LogP contribution in [0.2, 0.25) is 0 Å². The fourth-order valence-corrected chi connectivity index (χ4v) is 2.56. The Morgan fingerprint density at radius 3 is 2.53 bits per heavy atom. The van der Waals surface area contributed by atoms with E-state index in [4.69, 9.17) is 5.11 Å². The Kier molecular flexibility index (Phi) is 3.39. The van der Waals surface area contributed by atoms with Gasteiger partial charge in [-0.1, -0.05) is 0 Å². The zero-order valence-corrected chi connectivity index (χ0v) is 11.5. The van der Waals surface area contributed by atoms with E-state index in [9.17, 15) is 9.59 Å². The van der Waals surface area contributed by atoms with Gasteiger partial charge in [-0.25, -0.2) is 9.78 Å². The molecule has 0 aliphatic rings. The molecule has 2 heterocycles. The first-order valence-corrected chi connectivity index (χ1v) is 6.44. The smallest absolute Gasteiger partial charge is 0.352 e. The van der Waals surface area contributed by atoms with Gasteiger partial charge in [0.25, 0.3) is 5.91 Å². The van der Waals surface area contributed by atoms with E-state index >= 15 is 0 Å². The van der Waals surface area contributed by atoms with Crippen molar-refractivity contribution in [1.29, 1.82) is 0 Å². The Labute approximate surface area is 113 Å². The van der Waals surface area contributed by atoms with Gasteiger partial charge < -0.3 is 10.1 Å². The molecule has 2 aromatic rings. The predicted molar refractivity (Wildman–Crippen MR) is 72.0 cm³/mol. The van der Waals surface area contributed by atoms with Crippen LogP contribution in [0.1, 0.15) is 37.8 Å². The first kappa shape index (κ1) is 13.3. The highest BCUT2D eigenvalue weighted by Gasteiger charge is 2.22. The number of H-pyrrole nitrogens is 1. The third-order valence-corrected chi connectivity index (χ3v) is 3.59. The van der Waals surface area contributed by atoms with Crippen molar-refractivity contribution in [3.8, 4) is 0 Å². The molecular formula is C12H13N3O3S. The largest absolute Gasteiger partial charge is 0.477 e. The lowest BCUT2D eigenvalue weighted by Crippen LogP contribution is -2.13. The number of aromatic nitrogens is 2. The molecule has 3 N–H and O–H groups in total. The topological polar surface area (TPSA) is 95.1 Å². The van der Waals surface area contributed by atoms with Crippen molar-refractivity contribution >= 4 is 28.3 Å². The zero-order valence-electron chi connectivity index (χ0n) is 10.7. The molecule has 0 saturated carbocycles. The Morgan fingerprint density at radius 1 is 1.37 bits per heavy atom. The summed E-state index contributed by atoms with van der Waals surface area (Å²) in [5.41, 5.74) is 2.17. The minimum absolute atomic E-state index is 0.0398. The number of amides is 1. The lowest BCUT2D eigenvalue weighted by atomic mass is 10.1. The van der Waals surface area contributed by atoms with Gasteiger partial charge in [0.1, 0.15) is 5.69 Å². The van der Waals surface area contributed by atoms with Crippen LogP contribution < -0.4 is 5.32 Å². The van der Waals surface area contributed by atoms with Crippen molar-refractivity contribution in [2.24, 2.45) is 0 Å². The molecule has 6 nitrogen and oxygen atoms in total. The third kappa shape index (κ3) is 2.50. The van der Waals surface area contributed by atoms with Crippen LogP contribution >= 0.6 is 11.3 Å². The third-order valence-electron chi connectivity index (χ3n) is 2.72. The van der Waals surface area contributed by atoms with Gasteiger partial charge in [0.15, 0.2) is 5.13 Å². The molecule has 2 aromatic heterocycles. The molecule has 100 valence electrons. The van der Waals surface area contributed by atoms with Gasteiger partial charge in [-0.2, -0.15) is 0 Å². The Morgan fingerprint density at radius 2 is 2.05 bits per heavy atom. The van der Waals surface area contributed by atoms with E-state index in [1.807, 2.05) is 12.3 Å². The highest BCUT2D eigenvalue weighted by molar-refractivity contribution is 7.13. The molecule has 7 heteroatoms. The molecule has 19 heavy (non-hydrogen) atoms. The molecule has 0 aliphatic heterocycles. The van der Waals surface area contributed by atoms with E-state index in [1.165, 1.54) is 11.3 Å². The van der Waals surface area contributed by atoms with E-state index in [-0.39, 0.29) is 11.6 Å². The Hall–Kier alpha value is -2.15. The number of carbonyl (C=O) groups is 2. The van der Waals surface area contributed by atoms with Gasteiger partial charge in [-0.05, 0) is 26.3 Å². The van der Waals surface area contributed by atoms with Crippen LogP contribution in [0.25, 0.3) is 0 Å². The minimum Gasteiger partial charge on any atom is -0.477 e. The van der Waals surface area contributed by atoms with Crippen LogP contribution in [0.3, 0.4) is 0 Å². The Balaban J connectivity index is 2.31. The van der Waals surface area contributed by atoms with Crippen molar-refractivity contribution < 1.29 is 14.7 Å². The summed E-state index contributed by atoms with van der Waals surface area (Å²) in [7, 11) is 0. The zero-order chi connectivity index (χ0) is 14.2. The maximum Gasteiger partial charge on any atom is 0.352 e. The van der Waals surface area contributed by atoms with Crippen molar-refractivity contribution in [3.63, 3.8) is 0 Å². The van der Waals surface area contributed by atoms with Crippen LogP contribution in [0.5, 0.6) is 0 Å². The first-order chi connectivity index (χ1) is 8.90. The molecule has 0 saturated heterocycles. The predicted octanol–water partition coefficient (Wildman–Crippen LogP) is 2.35. The van der Waals surface area contributed by atoms with Crippen LogP contribution in [-0.2, 0) is 0 Å². The van der Waals surface area contributed by atoms with Crippen LogP contribution in [0.4, 0.5) is 5.13 Å². The first-order valence-electron chi connectivity index (χ1n) is 5.56. The minimum atomic E-state index is -1.08. The Bertz CT molecular complexity index is 657. The number of carboxylic acids is 1. The van der Waals surface area contributed by atoms with Gasteiger partial charge in [0.05, 0.1) is 11.3 Å². The molecule has 2 rings (SSSR count). The average Bonchev–Trinajstić information content (AvgIpc) is 2.83. The normalized spacial score (nSPS) is 10.5. The van der Waals surface area contributed by atoms with E-state index in [2.05, 4.69) is 15.3 Å². The summed E-state index contributed by atoms with van der Waals surface area (Å²) in [6, 6.07) is 0. The number of rotatable bonds is 3. The molecule has 0 fully saturated rings. The number of carboxylic acid groups (broad SMARTS) is 1. The van der Waals surface area contributed by atoms with Crippen molar-refractivity contribution in [3.05, 3.63) is 33.6 Å². The number of nitrogens with one attached hydrogen (secondary N) is 2. The van der Waals surface area contributed by atoms with Crippen LogP contribution in [-0.4, -0.2) is 27.0 Å². The lowest BCUT2D eigenvalue weighted by molar-refractivity contribution is 0.0690. The average molecular weight is 279 g/mol. The van der Waals surface area contributed by atoms with Gasteiger partial charge in [-0.3, -0.25) is 10.1 Å². The number of aryl methyl sites for hydroxylation is 2. The summed E-state index contributed by atoms with van der Waals surface area (Å²) in [6.07, 6.45) is 0. The molecule has 0 atom stereocenters. The monoisotopic (exact) mass is 279 g/mol. The van der Waals surface area contributed by atoms with Crippen molar-refractivity contribution in [2.75, 3.05) is 5.32 Å². The highest BCUT2D eigenvalue weighted by Crippen LogP contribution is 2.21. The summed E-state index contributed by atoms with van der Waals surface area (Å²) in [5.74, 6) is -1.43. The molecule has 0 bridgehead atoms. The summed E-state index contributed by atoms with van der Waals surface area (Å²) in [6.45, 7) is 5.11. The quantitative estimate of drug-likeness (QED) is 0.803. The van der Waals surface area contributed by atoms with Crippen LogP contribution in [0.15, 0.2) is 5.38 Å². The molecular weight excluding hydrogens is 266 g/mol. The second-order valence-electron chi connectivity index (χ2n) is 4.18. The lowest BCUT2D eigenvalue weighted by Gasteiger charge is -2.02. The van der Waals surface area contributed by atoms with E-state index < -0.39 is 5.97 Å². The van der Waals surface area contributed by atoms with Crippen molar-refractivity contribution in [1.82, 2.24) is 9.97 Å². The molecule has 0 spiro atoms. The number of hydrogen-bond donors (Lipinski definition) is 3. The molecule has 0 aliphatic carbocycles. The molecule has 1 amide bonds. The number of aromatic amines is 1. The van der Waals surface area contributed by atoms with E-state index in [0.29, 0.717) is 22.0 Å². The molecule has 0 radical (unpaired) electrons. The fourth-order valence-electron chi connectivity index (χ4n) is 1.88. The summed E-state index contributed by atoms with van der Waals surface area (Å²) < 4.78 is 0. The van der Waals surface area contributed by atoms with Gasteiger partial charge in [-0.15, -0.1) is 11.3 Å². The SMILES string of the molecule is Cc1csc(NC(=O)c2c(C)[nH]c(C(=O)O)c2C)n1. The standard InChI is InChI=1S/C12H13N3O3S/c1-5-4-19-12(13-5)15-10(16)8-6(2)9(11(17)18)14-7(8)3/h4,14H,1-3H3,(H,17,18)(H,13,15,16). The second kappa shape index (κ2) is 4.85. The summed E-state index contributed by atoms with van der Waals surface area (Å²) in [5, 5.41) is 14.0. The summed E-state index contributed by atoms with van der Waals surface area (Å²) >= 11 is 1.33. The number of anilines is 1. The molecule has 0 unspecified atom stereocenters. The highest BCUT2D eigenvalue weighted by atomic mass is 32.1. The van der Waals surface area contributed by atoms with Crippen molar-refractivity contribution in [2.45, 2.75) is 20.8 Å². The maximum atomic E-state index is 12.1. The summed E-state index contributed by atoms with van der Waals surface area (Å²) in [4.78, 5) is 30.0. The van der Waals surface area contributed by atoms with Gasteiger partial charge in [0.2, 0.25) is 0 Å². The second-order valence-corrected chi connectivity index (χ2v) is 5.04. The maximum absolute atomic E-state index is 12.1.